The lowest BCUT2D eigenvalue weighted by Gasteiger charge is -2.31. The average Bonchev–Trinajstić information content (AvgIpc) is 2.49. The summed E-state index contributed by atoms with van der Waals surface area (Å²) in [5, 5.41) is 0.682. The lowest BCUT2D eigenvalue weighted by molar-refractivity contribution is 0.161. The first-order valence-corrected chi connectivity index (χ1v) is 7.80. The van der Waals surface area contributed by atoms with Gasteiger partial charge in [0, 0.05) is 39.2 Å². The van der Waals surface area contributed by atoms with E-state index in [1.807, 2.05) is 36.4 Å². The number of ether oxygens (including phenoxy) is 2. The molecule has 1 heterocycles. The van der Waals surface area contributed by atoms with E-state index in [4.69, 9.17) is 26.8 Å². The smallest absolute Gasteiger partial charge is 0.128 e. The van der Waals surface area contributed by atoms with Gasteiger partial charge in [-0.25, -0.2) is 0 Å². The molecule has 3 nitrogen and oxygen atoms in total. The average molecular weight is 369 g/mol. The van der Waals surface area contributed by atoms with Crippen molar-refractivity contribution in [1.82, 2.24) is 0 Å². The van der Waals surface area contributed by atoms with E-state index in [1.54, 1.807) is 7.11 Å². The van der Waals surface area contributed by atoms with Crippen molar-refractivity contribution in [2.75, 3.05) is 7.11 Å². The summed E-state index contributed by atoms with van der Waals surface area (Å²) in [6.07, 6.45) is 0.528. The van der Waals surface area contributed by atoms with Crippen LogP contribution in [0.3, 0.4) is 0 Å². The van der Waals surface area contributed by atoms with E-state index in [9.17, 15) is 0 Å². The lowest BCUT2D eigenvalue weighted by atomic mass is 9.93. The van der Waals surface area contributed by atoms with Crippen LogP contribution >= 0.6 is 27.5 Å². The molecule has 0 saturated carbocycles. The first-order valence-electron chi connectivity index (χ1n) is 6.63. The van der Waals surface area contributed by atoms with Gasteiger partial charge in [-0.05, 0) is 24.3 Å². The standard InChI is InChI=1S/C16H15BrClNO2/c1-20-10-3-4-11-14(19)8-16(21-15(11)7-10)12-6-9(17)2-5-13(12)18/h2-7,14,16H,8,19H2,1H3. The Bertz CT molecular complexity index is 677. The number of hydrogen-bond donors (Lipinski definition) is 1. The molecule has 2 unspecified atom stereocenters. The molecule has 2 N–H and O–H groups in total. The minimum Gasteiger partial charge on any atom is -0.497 e. The van der Waals surface area contributed by atoms with Crippen LogP contribution in [0, 0.1) is 0 Å². The van der Waals surface area contributed by atoms with Crippen LogP contribution in [-0.2, 0) is 0 Å². The van der Waals surface area contributed by atoms with Crippen LogP contribution in [0.1, 0.15) is 29.7 Å². The van der Waals surface area contributed by atoms with Gasteiger partial charge in [-0.2, -0.15) is 0 Å². The fourth-order valence-electron chi connectivity index (χ4n) is 2.56. The van der Waals surface area contributed by atoms with Crippen molar-refractivity contribution in [1.29, 1.82) is 0 Å². The zero-order valence-electron chi connectivity index (χ0n) is 11.5. The summed E-state index contributed by atoms with van der Waals surface area (Å²) in [5.41, 5.74) is 8.22. The van der Waals surface area contributed by atoms with Crippen LogP contribution in [-0.4, -0.2) is 7.11 Å². The van der Waals surface area contributed by atoms with Gasteiger partial charge in [0.2, 0.25) is 0 Å². The fraction of sp³-hybridized carbons (Fsp3) is 0.250. The quantitative estimate of drug-likeness (QED) is 0.840. The maximum Gasteiger partial charge on any atom is 0.128 e. The second kappa shape index (κ2) is 5.87. The van der Waals surface area contributed by atoms with E-state index in [2.05, 4.69) is 15.9 Å². The molecular weight excluding hydrogens is 354 g/mol. The first kappa shape index (κ1) is 14.7. The monoisotopic (exact) mass is 367 g/mol. The predicted molar refractivity (Wildman–Crippen MR) is 87.1 cm³/mol. The molecule has 0 fully saturated rings. The number of rotatable bonds is 2. The molecule has 2 atom stereocenters. The van der Waals surface area contributed by atoms with Crippen LogP contribution in [0.5, 0.6) is 11.5 Å². The van der Waals surface area contributed by atoms with Crippen molar-refractivity contribution in [2.24, 2.45) is 5.73 Å². The zero-order valence-corrected chi connectivity index (χ0v) is 13.8. The van der Waals surface area contributed by atoms with Gasteiger partial charge in [0.25, 0.3) is 0 Å². The molecule has 0 bridgehead atoms. The molecule has 0 aromatic heterocycles. The third-order valence-corrected chi connectivity index (χ3v) is 4.50. The molecular formula is C16H15BrClNO2. The second-order valence-corrected chi connectivity index (χ2v) is 6.34. The molecule has 21 heavy (non-hydrogen) atoms. The SMILES string of the molecule is COc1ccc2c(c1)OC(c1cc(Br)ccc1Cl)CC2N. The van der Waals surface area contributed by atoms with E-state index >= 15 is 0 Å². The number of nitrogens with two attached hydrogens (primary N) is 1. The van der Waals surface area contributed by atoms with Crippen LogP contribution in [0.25, 0.3) is 0 Å². The van der Waals surface area contributed by atoms with Crippen molar-refractivity contribution in [3.8, 4) is 11.5 Å². The highest BCUT2D eigenvalue weighted by atomic mass is 79.9. The Kier molecular flexibility index (Phi) is 4.11. The Morgan fingerprint density at radius 2 is 2.05 bits per heavy atom. The Morgan fingerprint density at radius 3 is 2.81 bits per heavy atom. The molecule has 0 spiro atoms. The van der Waals surface area contributed by atoms with Gasteiger partial charge >= 0.3 is 0 Å². The highest BCUT2D eigenvalue weighted by Gasteiger charge is 2.28. The molecule has 1 aliphatic rings. The maximum atomic E-state index is 6.30. The molecule has 3 rings (SSSR count). The van der Waals surface area contributed by atoms with Gasteiger partial charge in [-0.3, -0.25) is 0 Å². The second-order valence-electron chi connectivity index (χ2n) is 5.02. The molecule has 2 aromatic rings. The highest BCUT2D eigenvalue weighted by molar-refractivity contribution is 9.10. The fourth-order valence-corrected chi connectivity index (χ4v) is 3.18. The molecule has 0 amide bonds. The predicted octanol–water partition coefficient (Wildman–Crippen LogP) is 4.63. The number of benzene rings is 2. The molecule has 110 valence electrons. The third-order valence-electron chi connectivity index (χ3n) is 3.66. The minimum atomic E-state index is -0.162. The summed E-state index contributed by atoms with van der Waals surface area (Å²) >= 11 is 9.76. The largest absolute Gasteiger partial charge is 0.497 e. The number of methoxy groups -OCH3 is 1. The van der Waals surface area contributed by atoms with Crippen molar-refractivity contribution in [3.63, 3.8) is 0 Å². The van der Waals surface area contributed by atoms with Gasteiger partial charge in [0.1, 0.15) is 17.6 Å². The Labute approximate surface area is 137 Å². The molecule has 5 heteroatoms. The van der Waals surface area contributed by atoms with Crippen LogP contribution in [0.15, 0.2) is 40.9 Å². The lowest BCUT2D eigenvalue weighted by Crippen LogP contribution is -2.24. The van der Waals surface area contributed by atoms with E-state index in [0.29, 0.717) is 11.4 Å². The summed E-state index contributed by atoms with van der Waals surface area (Å²) in [4.78, 5) is 0. The van der Waals surface area contributed by atoms with Crippen LogP contribution < -0.4 is 15.2 Å². The van der Waals surface area contributed by atoms with Crippen LogP contribution in [0.4, 0.5) is 0 Å². The van der Waals surface area contributed by atoms with Crippen molar-refractivity contribution in [2.45, 2.75) is 18.6 Å². The van der Waals surface area contributed by atoms with E-state index in [1.165, 1.54) is 0 Å². The van der Waals surface area contributed by atoms with Gasteiger partial charge in [0.05, 0.1) is 7.11 Å². The first-order chi connectivity index (χ1) is 10.1. The van der Waals surface area contributed by atoms with Gasteiger partial charge in [-0.15, -0.1) is 0 Å². The highest BCUT2D eigenvalue weighted by Crippen LogP contribution is 2.43. The molecule has 0 saturated heterocycles. The Morgan fingerprint density at radius 1 is 1.24 bits per heavy atom. The van der Waals surface area contributed by atoms with Crippen molar-refractivity contribution >= 4 is 27.5 Å². The Hall–Kier alpha value is -1.23. The van der Waals surface area contributed by atoms with Gasteiger partial charge in [0.15, 0.2) is 0 Å². The van der Waals surface area contributed by atoms with Crippen LogP contribution in [0.2, 0.25) is 5.02 Å². The molecule has 1 aliphatic heterocycles. The topological polar surface area (TPSA) is 44.5 Å². The number of fused-ring (bicyclic) bond motifs is 1. The zero-order chi connectivity index (χ0) is 15.0. The van der Waals surface area contributed by atoms with Gasteiger partial charge < -0.3 is 15.2 Å². The molecule has 2 aromatic carbocycles. The van der Waals surface area contributed by atoms with Crippen molar-refractivity contribution < 1.29 is 9.47 Å². The number of hydrogen-bond acceptors (Lipinski definition) is 3. The summed E-state index contributed by atoms with van der Waals surface area (Å²) in [6, 6.07) is 11.4. The summed E-state index contributed by atoms with van der Waals surface area (Å²) in [7, 11) is 1.63. The molecule has 0 aliphatic carbocycles. The van der Waals surface area contributed by atoms with Gasteiger partial charge in [-0.1, -0.05) is 33.6 Å². The summed E-state index contributed by atoms with van der Waals surface area (Å²) < 4.78 is 12.3. The summed E-state index contributed by atoms with van der Waals surface area (Å²) in [6.45, 7) is 0. The van der Waals surface area contributed by atoms with Crippen molar-refractivity contribution in [3.05, 3.63) is 57.0 Å². The van der Waals surface area contributed by atoms with E-state index in [-0.39, 0.29) is 12.1 Å². The minimum absolute atomic E-state index is 0.0836. The molecule has 0 radical (unpaired) electrons. The Balaban J connectivity index is 1.98. The third kappa shape index (κ3) is 2.89. The maximum absolute atomic E-state index is 6.30. The normalized spacial score (nSPS) is 20.6. The number of halogens is 2. The summed E-state index contributed by atoms with van der Waals surface area (Å²) in [5.74, 6) is 1.51. The van der Waals surface area contributed by atoms with E-state index < -0.39 is 0 Å². The van der Waals surface area contributed by atoms with E-state index in [0.717, 1.165) is 27.1 Å².